The number of carbonyl (C=O) groups excluding carboxylic acids is 1. The van der Waals surface area contributed by atoms with Crippen LogP contribution in [0.2, 0.25) is 0 Å². The summed E-state index contributed by atoms with van der Waals surface area (Å²) in [4.78, 5) is 26.7. The van der Waals surface area contributed by atoms with Gasteiger partial charge in [-0.25, -0.2) is 4.98 Å². The highest BCUT2D eigenvalue weighted by Crippen LogP contribution is 2.11. The molecule has 1 aromatic rings. The lowest BCUT2D eigenvalue weighted by Crippen LogP contribution is -2.41. The van der Waals surface area contributed by atoms with Crippen molar-refractivity contribution < 1.29 is 14.7 Å². The summed E-state index contributed by atoms with van der Waals surface area (Å²) in [7, 11) is 0. The second-order valence-electron chi connectivity index (χ2n) is 3.28. The van der Waals surface area contributed by atoms with E-state index in [9.17, 15) is 9.59 Å². The predicted octanol–water partition coefficient (Wildman–Crippen LogP) is -0.130. The number of nitrogens with one attached hydrogen (secondary N) is 1. The molecule has 1 rings (SSSR count). The van der Waals surface area contributed by atoms with E-state index in [4.69, 9.17) is 10.8 Å². The lowest BCUT2D eigenvalue weighted by Gasteiger charge is -2.09. The minimum Gasteiger partial charge on any atom is -0.481 e. The van der Waals surface area contributed by atoms with Crippen LogP contribution in [0.5, 0.6) is 0 Å². The molecule has 0 saturated carbocycles. The van der Waals surface area contributed by atoms with Gasteiger partial charge in [-0.2, -0.15) is 0 Å². The van der Waals surface area contributed by atoms with E-state index in [0.29, 0.717) is 6.54 Å². The third-order valence-electron chi connectivity index (χ3n) is 2.00. The summed E-state index contributed by atoms with van der Waals surface area (Å²) in [5.74, 6) is -1.55. The molecule has 88 valence electrons. The van der Waals surface area contributed by atoms with Crippen LogP contribution in [0.3, 0.4) is 0 Å². The summed E-state index contributed by atoms with van der Waals surface area (Å²) in [6, 6.07) is -1.01. The lowest BCUT2D eigenvalue weighted by molar-refractivity contribution is -0.139. The number of carboxylic acids is 1. The predicted molar refractivity (Wildman–Crippen MR) is 58.9 cm³/mol. The maximum absolute atomic E-state index is 11.4. The van der Waals surface area contributed by atoms with Crippen molar-refractivity contribution in [3.05, 3.63) is 16.1 Å². The molecule has 0 fully saturated rings. The largest absolute Gasteiger partial charge is 0.481 e. The van der Waals surface area contributed by atoms with Crippen molar-refractivity contribution in [2.45, 2.75) is 25.9 Å². The first-order valence-corrected chi connectivity index (χ1v) is 5.52. The number of rotatable bonds is 5. The molecule has 6 nitrogen and oxygen atoms in total. The van der Waals surface area contributed by atoms with Crippen LogP contribution in [0.25, 0.3) is 0 Å². The molecule has 1 atom stereocenters. The molecule has 0 aliphatic rings. The molecule has 1 amide bonds. The summed E-state index contributed by atoms with van der Waals surface area (Å²) in [5, 5.41) is 11.0. The number of amides is 1. The van der Waals surface area contributed by atoms with Crippen LogP contribution in [0.1, 0.15) is 17.0 Å². The molecule has 4 N–H and O–H groups in total. The highest BCUT2D eigenvalue weighted by atomic mass is 32.1. The van der Waals surface area contributed by atoms with Crippen molar-refractivity contribution in [3.63, 3.8) is 0 Å². The van der Waals surface area contributed by atoms with E-state index < -0.39 is 17.9 Å². The average Bonchev–Trinajstić information content (AvgIpc) is 2.59. The number of thiazole rings is 1. The summed E-state index contributed by atoms with van der Waals surface area (Å²) in [6.45, 7) is 2.18. The van der Waals surface area contributed by atoms with Crippen molar-refractivity contribution in [1.29, 1.82) is 0 Å². The lowest BCUT2D eigenvalue weighted by atomic mass is 10.2. The van der Waals surface area contributed by atoms with Crippen molar-refractivity contribution in [2.24, 2.45) is 5.73 Å². The van der Waals surface area contributed by atoms with E-state index in [0.717, 1.165) is 10.6 Å². The number of nitrogens with two attached hydrogens (primary N) is 1. The molecule has 7 heteroatoms. The minimum atomic E-state index is -1.09. The summed E-state index contributed by atoms with van der Waals surface area (Å²) in [6.07, 6.45) is -0.368. The number of hydrogen-bond acceptors (Lipinski definition) is 5. The maximum atomic E-state index is 11.4. The number of carbonyl (C=O) groups is 2. The van der Waals surface area contributed by atoms with Gasteiger partial charge in [-0.05, 0) is 6.92 Å². The van der Waals surface area contributed by atoms with Gasteiger partial charge in [0.25, 0.3) is 0 Å². The Morgan fingerprint density at radius 1 is 1.69 bits per heavy atom. The van der Waals surface area contributed by atoms with Gasteiger partial charge >= 0.3 is 5.97 Å². The Hall–Kier alpha value is -1.47. The van der Waals surface area contributed by atoms with Crippen LogP contribution in [0.15, 0.2) is 5.51 Å². The normalized spacial score (nSPS) is 12.1. The molecule has 1 aromatic heterocycles. The third-order valence-corrected chi connectivity index (χ3v) is 2.93. The van der Waals surface area contributed by atoms with Gasteiger partial charge in [0.05, 0.1) is 30.2 Å². The number of carboxylic acid groups (broad SMARTS) is 1. The molecule has 0 bridgehead atoms. The molecule has 0 radical (unpaired) electrons. The van der Waals surface area contributed by atoms with Crippen LogP contribution < -0.4 is 11.1 Å². The molecule has 1 heterocycles. The zero-order valence-corrected chi connectivity index (χ0v) is 9.58. The number of nitrogens with zero attached hydrogens (tertiary/aromatic N) is 1. The van der Waals surface area contributed by atoms with Gasteiger partial charge < -0.3 is 16.2 Å². The van der Waals surface area contributed by atoms with Gasteiger partial charge in [-0.15, -0.1) is 11.3 Å². The Morgan fingerprint density at radius 3 is 2.88 bits per heavy atom. The monoisotopic (exact) mass is 243 g/mol. The van der Waals surface area contributed by atoms with Crippen molar-refractivity contribution in [3.8, 4) is 0 Å². The highest BCUT2D eigenvalue weighted by molar-refractivity contribution is 7.09. The standard InChI is InChI=1S/C9H13N3O3S/c1-5-7(16-4-12-5)3-11-9(15)6(10)2-8(13)14/h4,6H,2-3,10H2,1H3,(H,11,15)(H,13,14). The average molecular weight is 243 g/mol. The fraction of sp³-hybridized carbons (Fsp3) is 0.444. The first-order chi connectivity index (χ1) is 7.50. The molecule has 0 aliphatic carbocycles. The minimum absolute atomic E-state index is 0.336. The van der Waals surface area contributed by atoms with Crippen molar-refractivity contribution in [2.75, 3.05) is 0 Å². The quantitative estimate of drug-likeness (QED) is 0.668. The zero-order chi connectivity index (χ0) is 12.1. The molecule has 0 aromatic carbocycles. The Bertz CT molecular complexity index is 391. The van der Waals surface area contributed by atoms with Crippen LogP contribution in [-0.4, -0.2) is 28.0 Å². The second kappa shape index (κ2) is 5.57. The second-order valence-corrected chi connectivity index (χ2v) is 4.22. The molecule has 0 spiro atoms. The number of aliphatic carboxylic acids is 1. The molecular weight excluding hydrogens is 230 g/mol. The molecule has 16 heavy (non-hydrogen) atoms. The van der Waals surface area contributed by atoms with E-state index in [2.05, 4.69) is 10.3 Å². The van der Waals surface area contributed by atoms with Crippen LogP contribution in [0.4, 0.5) is 0 Å². The van der Waals surface area contributed by atoms with E-state index in [-0.39, 0.29) is 6.42 Å². The summed E-state index contributed by atoms with van der Waals surface area (Å²) >= 11 is 1.43. The first-order valence-electron chi connectivity index (χ1n) is 4.64. The van der Waals surface area contributed by atoms with Crippen LogP contribution >= 0.6 is 11.3 Å². The van der Waals surface area contributed by atoms with Gasteiger partial charge in [-0.1, -0.05) is 0 Å². The Labute approximate surface area is 96.5 Å². The van der Waals surface area contributed by atoms with Gasteiger partial charge in [0, 0.05) is 4.88 Å². The van der Waals surface area contributed by atoms with Gasteiger partial charge in [0.2, 0.25) is 5.91 Å². The number of hydrogen-bond donors (Lipinski definition) is 3. The van der Waals surface area contributed by atoms with Gasteiger partial charge in [0.15, 0.2) is 0 Å². The van der Waals surface area contributed by atoms with Crippen LogP contribution in [-0.2, 0) is 16.1 Å². The smallest absolute Gasteiger partial charge is 0.305 e. The fourth-order valence-electron chi connectivity index (χ4n) is 1.08. The zero-order valence-electron chi connectivity index (χ0n) is 8.77. The van der Waals surface area contributed by atoms with E-state index in [1.807, 2.05) is 6.92 Å². The topological polar surface area (TPSA) is 105 Å². The van der Waals surface area contributed by atoms with E-state index >= 15 is 0 Å². The van der Waals surface area contributed by atoms with E-state index in [1.54, 1.807) is 5.51 Å². The third kappa shape index (κ3) is 3.59. The SMILES string of the molecule is Cc1ncsc1CNC(=O)C(N)CC(=O)O. The summed E-state index contributed by atoms with van der Waals surface area (Å²) < 4.78 is 0. The molecule has 1 unspecified atom stereocenters. The maximum Gasteiger partial charge on any atom is 0.305 e. The number of aromatic nitrogens is 1. The first kappa shape index (κ1) is 12.6. The van der Waals surface area contributed by atoms with E-state index in [1.165, 1.54) is 11.3 Å². The van der Waals surface area contributed by atoms with Crippen LogP contribution in [0, 0.1) is 6.92 Å². The summed E-state index contributed by atoms with van der Waals surface area (Å²) in [5.41, 5.74) is 7.94. The molecular formula is C9H13N3O3S. The van der Waals surface area contributed by atoms with Crippen molar-refractivity contribution >= 4 is 23.2 Å². The Morgan fingerprint density at radius 2 is 2.38 bits per heavy atom. The highest BCUT2D eigenvalue weighted by Gasteiger charge is 2.16. The molecule has 0 aliphatic heterocycles. The van der Waals surface area contributed by atoms with Crippen molar-refractivity contribution in [1.82, 2.24) is 10.3 Å². The van der Waals surface area contributed by atoms with Gasteiger partial charge in [0.1, 0.15) is 0 Å². The Kier molecular flexibility index (Phi) is 4.39. The molecule has 0 saturated heterocycles. The van der Waals surface area contributed by atoms with Gasteiger partial charge in [-0.3, -0.25) is 9.59 Å². The number of aryl methyl sites for hydroxylation is 1. The Balaban J connectivity index is 2.41. The fourth-order valence-corrected chi connectivity index (χ4v) is 1.79.